The number of fused-ring (bicyclic) bond motifs is 2. The zero-order chi connectivity index (χ0) is 15.4. The molecule has 7 heteroatoms. The zero-order valence-electron chi connectivity index (χ0n) is 12.5. The molecule has 2 aliphatic carbocycles. The van der Waals surface area contributed by atoms with E-state index >= 15 is 0 Å². The molecule has 1 aromatic rings. The molecule has 1 heterocycles. The van der Waals surface area contributed by atoms with Gasteiger partial charge in [0.25, 0.3) is 5.88 Å². The fourth-order valence-electron chi connectivity index (χ4n) is 4.08. The first-order valence-corrected chi connectivity index (χ1v) is 7.19. The average molecular weight is 292 g/mol. The van der Waals surface area contributed by atoms with Gasteiger partial charge in [0.05, 0.1) is 4.92 Å². The molecule has 7 nitrogen and oxygen atoms in total. The monoisotopic (exact) mass is 292 g/mol. The van der Waals surface area contributed by atoms with Crippen LogP contribution >= 0.6 is 0 Å². The second-order valence-electron chi connectivity index (χ2n) is 6.89. The lowest BCUT2D eigenvalue weighted by molar-refractivity contribution is -0.385. The topological polar surface area (TPSA) is 104 Å². The van der Waals surface area contributed by atoms with Crippen LogP contribution in [0.1, 0.15) is 40.0 Å². The minimum atomic E-state index is -0.578. The maximum atomic E-state index is 11.1. The van der Waals surface area contributed by atoms with Gasteiger partial charge in [-0.25, -0.2) is 4.98 Å². The minimum absolute atomic E-state index is 0.00521. The van der Waals surface area contributed by atoms with Crippen molar-refractivity contribution in [1.82, 2.24) is 9.97 Å². The Hall–Kier alpha value is -1.92. The molecular formula is C14H20N4O3. The Bertz CT molecular complexity index is 604. The van der Waals surface area contributed by atoms with Gasteiger partial charge < -0.3 is 10.5 Å². The van der Waals surface area contributed by atoms with Crippen molar-refractivity contribution in [2.24, 2.45) is 16.7 Å². The van der Waals surface area contributed by atoms with Crippen LogP contribution in [0.15, 0.2) is 6.33 Å². The highest BCUT2D eigenvalue weighted by molar-refractivity contribution is 5.58. The van der Waals surface area contributed by atoms with Crippen molar-refractivity contribution in [3.63, 3.8) is 0 Å². The van der Waals surface area contributed by atoms with E-state index in [1.54, 1.807) is 0 Å². The number of ether oxygens (including phenoxy) is 1. The number of nitrogens with two attached hydrogens (primary N) is 1. The molecule has 21 heavy (non-hydrogen) atoms. The predicted molar refractivity (Wildman–Crippen MR) is 76.7 cm³/mol. The largest absolute Gasteiger partial charge is 0.469 e. The quantitative estimate of drug-likeness (QED) is 0.678. The van der Waals surface area contributed by atoms with E-state index in [4.69, 9.17) is 10.5 Å². The molecule has 3 unspecified atom stereocenters. The Kier molecular flexibility index (Phi) is 2.86. The zero-order valence-corrected chi connectivity index (χ0v) is 12.5. The van der Waals surface area contributed by atoms with Gasteiger partial charge in [0.2, 0.25) is 5.82 Å². The summed E-state index contributed by atoms with van der Waals surface area (Å²) in [6, 6.07) is 0. The molecule has 1 aromatic heterocycles. The normalized spacial score (nSPS) is 33.1. The molecule has 114 valence electrons. The number of aromatic nitrogens is 2. The maximum Gasteiger partial charge on any atom is 0.372 e. The lowest BCUT2D eigenvalue weighted by Crippen LogP contribution is -2.39. The molecular weight excluding hydrogens is 272 g/mol. The van der Waals surface area contributed by atoms with E-state index < -0.39 is 4.92 Å². The van der Waals surface area contributed by atoms with Crippen LogP contribution in [0.2, 0.25) is 0 Å². The van der Waals surface area contributed by atoms with E-state index in [1.165, 1.54) is 12.7 Å². The summed E-state index contributed by atoms with van der Waals surface area (Å²) in [5.41, 5.74) is 5.43. The summed E-state index contributed by atoms with van der Waals surface area (Å²) in [6.45, 7) is 6.73. The van der Waals surface area contributed by atoms with Crippen molar-refractivity contribution in [3.8, 4) is 5.88 Å². The first kappa shape index (κ1) is 14.0. The Morgan fingerprint density at radius 3 is 2.67 bits per heavy atom. The van der Waals surface area contributed by atoms with Crippen molar-refractivity contribution in [2.45, 2.75) is 46.1 Å². The van der Waals surface area contributed by atoms with Gasteiger partial charge in [0.15, 0.2) is 0 Å². The van der Waals surface area contributed by atoms with Crippen molar-refractivity contribution in [1.29, 1.82) is 0 Å². The molecule has 0 saturated heterocycles. The van der Waals surface area contributed by atoms with Crippen LogP contribution in [0, 0.1) is 26.9 Å². The number of anilines is 1. The standard InChI is InChI=1S/C14H20N4O3/c1-13(2)8-4-5-14(13,3)9(6-8)21-12-10(18(19)20)11(15)16-7-17-12/h7-9H,4-6H2,1-3H3,(H2,15,16,17). The van der Waals surface area contributed by atoms with Gasteiger partial charge in [-0.2, -0.15) is 4.98 Å². The van der Waals surface area contributed by atoms with E-state index in [1.807, 2.05) is 0 Å². The summed E-state index contributed by atoms with van der Waals surface area (Å²) in [5, 5.41) is 11.1. The van der Waals surface area contributed by atoms with Crippen molar-refractivity contribution in [3.05, 3.63) is 16.4 Å². The van der Waals surface area contributed by atoms with E-state index in [9.17, 15) is 10.1 Å². The molecule has 2 bridgehead atoms. The van der Waals surface area contributed by atoms with Gasteiger partial charge in [-0.1, -0.05) is 20.8 Å². The number of nitrogen functional groups attached to an aromatic ring is 1. The fraction of sp³-hybridized carbons (Fsp3) is 0.714. The van der Waals surface area contributed by atoms with E-state index in [0.717, 1.165) is 12.8 Å². The highest BCUT2D eigenvalue weighted by Crippen LogP contribution is 2.66. The summed E-state index contributed by atoms with van der Waals surface area (Å²) in [7, 11) is 0. The second kappa shape index (κ2) is 4.29. The summed E-state index contributed by atoms with van der Waals surface area (Å²) >= 11 is 0. The lowest BCUT2D eigenvalue weighted by Gasteiger charge is -2.38. The third kappa shape index (κ3) is 1.79. The minimum Gasteiger partial charge on any atom is -0.469 e. The van der Waals surface area contributed by atoms with Crippen LogP contribution < -0.4 is 10.5 Å². The summed E-state index contributed by atoms with van der Waals surface area (Å²) in [5.74, 6) is 0.422. The smallest absolute Gasteiger partial charge is 0.372 e. The van der Waals surface area contributed by atoms with Crippen LogP contribution in [-0.4, -0.2) is 21.0 Å². The predicted octanol–water partition coefficient (Wildman–Crippen LogP) is 2.56. The van der Waals surface area contributed by atoms with Crippen molar-refractivity contribution in [2.75, 3.05) is 5.73 Å². The summed E-state index contributed by atoms with van der Waals surface area (Å²) in [6.07, 6.45) is 4.31. The molecule has 3 rings (SSSR count). The number of nitrogens with zero attached hydrogens (tertiary/aromatic N) is 3. The van der Waals surface area contributed by atoms with Gasteiger partial charge in [0, 0.05) is 5.41 Å². The first-order chi connectivity index (χ1) is 9.77. The van der Waals surface area contributed by atoms with Gasteiger partial charge >= 0.3 is 5.69 Å². The average Bonchev–Trinajstić information content (AvgIpc) is 2.71. The SMILES string of the molecule is CC1(C)C2CCC1(C)C(Oc1ncnc(N)c1[N+](=O)[O-])C2. The highest BCUT2D eigenvalue weighted by atomic mass is 16.6. The maximum absolute atomic E-state index is 11.1. The lowest BCUT2D eigenvalue weighted by atomic mass is 9.70. The second-order valence-corrected chi connectivity index (χ2v) is 6.89. The summed E-state index contributed by atoms with van der Waals surface area (Å²) < 4.78 is 5.95. The van der Waals surface area contributed by atoms with Crippen molar-refractivity contribution >= 4 is 11.5 Å². The molecule has 0 spiro atoms. The number of rotatable bonds is 3. The molecule has 2 saturated carbocycles. The molecule has 0 aromatic carbocycles. The van der Waals surface area contributed by atoms with Crippen LogP contribution in [-0.2, 0) is 0 Å². The Labute approximate surface area is 123 Å². The molecule has 0 amide bonds. The molecule has 2 N–H and O–H groups in total. The Morgan fingerprint density at radius 2 is 2.14 bits per heavy atom. The Morgan fingerprint density at radius 1 is 1.43 bits per heavy atom. The van der Waals surface area contributed by atoms with E-state index in [-0.39, 0.29) is 34.3 Å². The third-order valence-corrected chi connectivity index (χ3v) is 5.97. The highest BCUT2D eigenvalue weighted by Gasteiger charge is 2.62. The third-order valence-electron chi connectivity index (χ3n) is 5.97. The van der Waals surface area contributed by atoms with Gasteiger partial charge in [-0.15, -0.1) is 0 Å². The Balaban J connectivity index is 1.93. The number of nitro groups is 1. The van der Waals surface area contributed by atoms with Crippen LogP contribution in [0.5, 0.6) is 5.88 Å². The molecule has 0 aliphatic heterocycles. The molecule has 0 radical (unpaired) electrons. The van der Waals surface area contributed by atoms with Crippen LogP contribution in [0.4, 0.5) is 11.5 Å². The summed E-state index contributed by atoms with van der Waals surface area (Å²) in [4.78, 5) is 18.2. The van der Waals surface area contributed by atoms with Crippen LogP contribution in [0.3, 0.4) is 0 Å². The van der Waals surface area contributed by atoms with Gasteiger partial charge in [-0.05, 0) is 30.6 Å². The van der Waals surface area contributed by atoms with Gasteiger partial charge in [-0.3, -0.25) is 10.1 Å². The molecule has 2 aliphatic rings. The van der Waals surface area contributed by atoms with Gasteiger partial charge in [0.1, 0.15) is 12.4 Å². The number of hydrogen-bond acceptors (Lipinski definition) is 6. The van der Waals surface area contributed by atoms with E-state index in [0.29, 0.717) is 5.92 Å². The first-order valence-electron chi connectivity index (χ1n) is 7.19. The van der Waals surface area contributed by atoms with Crippen LogP contribution in [0.25, 0.3) is 0 Å². The van der Waals surface area contributed by atoms with Crippen molar-refractivity contribution < 1.29 is 9.66 Å². The molecule has 3 atom stereocenters. The molecule has 2 fully saturated rings. The fourth-order valence-corrected chi connectivity index (χ4v) is 4.08. The number of hydrogen-bond donors (Lipinski definition) is 1. The van der Waals surface area contributed by atoms with E-state index in [2.05, 4.69) is 30.7 Å².